The molecule has 0 atom stereocenters. The highest BCUT2D eigenvalue weighted by Gasteiger charge is 2.21. The van der Waals surface area contributed by atoms with Gasteiger partial charge in [0.15, 0.2) is 0 Å². The van der Waals surface area contributed by atoms with Crippen molar-refractivity contribution in [1.82, 2.24) is 10.3 Å². The Balaban J connectivity index is 1.78. The van der Waals surface area contributed by atoms with E-state index in [1.807, 2.05) is 12.3 Å². The van der Waals surface area contributed by atoms with E-state index in [4.69, 9.17) is 0 Å². The minimum Gasteiger partial charge on any atom is -0.357 e. The Labute approximate surface area is 111 Å². The molecule has 0 radical (unpaired) electrons. The summed E-state index contributed by atoms with van der Waals surface area (Å²) >= 11 is 0. The SMILES string of the molecule is CC(C)(C)NCC1CCN(c2ccccn2)CC1. The van der Waals surface area contributed by atoms with Crippen LogP contribution in [0.4, 0.5) is 5.82 Å². The number of anilines is 1. The van der Waals surface area contributed by atoms with E-state index in [1.165, 1.54) is 12.8 Å². The predicted octanol–water partition coefficient (Wildman–Crippen LogP) is 2.69. The maximum Gasteiger partial charge on any atom is 0.128 e. The molecular formula is C15H25N3. The molecule has 0 saturated carbocycles. The summed E-state index contributed by atoms with van der Waals surface area (Å²) in [5.41, 5.74) is 0.234. The average Bonchev–Trinajstić information content (AvgIpc) is 2.37. The molecule has 2 heterocycles. The van der Waals surface area contributed by atoms with Crippen LogP contribution >= 0.6 is 0 Å². The summed E-state index contributed by atoms with van der Waals surface area (Å²) < 4.78 is 0. The Kier molecular flexibility index (Phi) is 4.23. The Bertz CT molecular complexity index is 348. The third kappa shape index (κ3) is 3.98. The van der Waals surface area contributed by atoms with E-state index in [-0.39, 0.29) is 5.54 Å². The van der Waals surface area contributed by atoms with Crippen LogP contribution in [0.3, 0.4) is 0 Å². The Morgan fingerprint density at radius 2 is 2.00 bits per heavy atom. The Morgan fingerprint density at radius 3 is 2.56 bits per heavy atom. The highest BCUT2D eigenvalue weighted by atomic mass is 15.2. The van der Waals surface area contributed by atoms with E-state index in [9.17, 15) is 0 Å². The summed E-state index contributed by atoms with van der Waals surface area (Å²) in [6.45, 7) is 10.1. The molecule has 0 bridgehead atoms. The molecule has 1 fully saturated rings. The number of nitrogens with one attached hydrogen (secondary N) is 1. The lowest BCUT2D eigenvalue weighted by Gasteiger charge is -2.34. The second kappa shape index (κ2) is 5.70. The van der Waals surface area contributed by atoms with E-state index in [2.05, 4.69) is 48.1 Å². The largest absolute Gasteiger partial charge is 0.357 e. The van der Waals surface area contributed by atoms with Gasteiger partial charge >= 0.3 is 0 Å². The molecule has 1 aliphatic rings. The third-order valence-corrected chi connectivity index (χ3v) is 3.51. The van der Waals surface area contributed by atoms with Crippen molar-refractivity contribution in [2.75, 3.05) is 24.5 Å². The number of nitrogens with zero attached hydrogens (tertiary/aromatic N) is 2. The van der Waals surface area contributed by atoms with Gasteiger partial charge in [-0.15, -0.1) is 0 Å². The maximum atomic E-state index is 4.42. The number of aromatic nitrogens is 1. The Hall–Kier alpha value is -1.09. The van der Waals surface area contributed by atoms with Gasteiger partial charge < -0.3 is 10.2 Å². The number of pyridine rings is 1. The second-order valence-electron chi connectivity index (χ2n) is 6.25. The first-order valence-corrected chi connectivity index (χ1v) is 6.95. The molecule has 18 heavy (non-hydrogen) atoms. The number of rotatable bonds is 3. The summed E-state index contributed by atoms with van der Waals surface area (Å²) in [5.74, 6) is 1.93. The van der Waals surface area contributed by atoms with Crippen molar-refractivity contribution in [1.29, 1.82) is 0 Å². The zero-order valence-corrected chi connectivity index (χ0v) is 11.8. The molecule has 1 aliphatic heterocycles. The van der Waals surface area contributed by atoms with E-state index in [0.29, 0.717) is 0 Å². The molecule has 0 aliphatic carbocycles. The van der Waals surface area contributed by atoms with Crippen LogP contribution in [-0.4, -0.2) is 30.2 Å². The number of hydrogen-bond donors (Lipinski definition) is 1. The minimum absolute atomic E-state index is 0.234. The summed E-state index contributed by atoms with van der Waals surface area (Å²) in [6.07, 6.45) is 4.40. The van der Waals surface area contributed by atoms with Gasteiger partial charge in [0.25, 0.3) is 0 Å². The smallest absolute Gasteiger partial charge is 0.128 e. The first-order valence-electron chi connectivity index (χ1n) is 6.95. The molecule has 1 aromatic heterocycles. The summed E-state index contributed by atoms with van der Waals surface area (Å²) in [4.78, 5) is 6.82. The fourth-order valence-corrected chi connectivity index (χ4v) is 2.36. The van der Waals surface area contributed by atoms with E-state index >= 15 is 0 Å². The summed E-state index contributed by atoms with van der Waals surface area (Å²) in [5, 5.41) is 3.61. The zero-order valence-electron chi connectivity index (χ0n) is 11.8. The molecule has 1 saturated heterocycles. The molecule has 0 unspecified atom stereocenters. The molecule has 0 amide bonds. The minimum atomic E-state index is 0.234. The van der Waals surface area contributed by atoms with Gasteiger partial charge in [-0.3, -0.25) is 0 Å². The predicted molar refractivity (Wildman–Crippen MR) is 76.9 cm³/mol. The van der Waals surface area contributed by atoms with Gasteiger partial charge in [-0.2, -0.15) is 0 Å². The van der Waals surface area contributed by atoms with Crippen LogP contribution < -0.4 is 10.2 Å². The van der Waals surface area contributed by atoms with Crippen molar-refractivity contribution in [2.45, 2.75) is 39.2 Å². The van der Waals surface area contributed by atoms with Crippen LogP contribution in [0, 0.1) is 5.92 Å². The lowest BCUT2D eigenvalue weighted by Crippen LogP contribution is -2.43. The molecular weight excluding hydrogens is 222 g/mol. The van der Waals surface area contributed by atoms with Gasteiger partial charge in [0.1, 0.15) is 5.82 Å². The van der Waals surface area contributed by atoms with Gasteiger partial charge in [0.2, 0.25) is 0 Å². The van der Waals surface area contributed by atoms with E-state index in [1.54, 1.807) is 0 Å². The quantitative estimate of drug-likeness (QED) is 0.890. The summed E-state index contributed by atoms with van der Waals surface area (Å²) in [6, 6.07) is 6.15. The molecule has 0 aromatic carbocycles. The first kappa shape index (κ1) is 13.3. The van der Waals surface area contributed by atoms with Crippen LogP contribution in [0.1, 0.15) is 33.6 Å². The first-order chi connectivity index (χ1) is 8.54. The van der Waals surface area contributed by atoms with Gasteiger partial charge in [-0.1, -0.05) is 6.07 Å². The van der Waals surface area contributed by atoms with E-state index in [0.717, 1.165) is 31.4 Å². The van der Waals surface area contributed by atoms with Crippen LogP contribution in [0.15, 0.2) is 24.4 Å². The van der Waals surface area contributed by atoms with Crippen LogP contribution in [0.5, 0.6) is 0 Å². The lowest BCUT2D eigenvalue weighted by atomic mass is 9.95. The van der Waals surface area contributed by atoms with Crippen LogP contribution in [-0.2, 0) is 0 Å². The van der Waals surface area contributed by atoms with Crippen molar-refractivity contribution in [3.8, 4) is 0 Å². The number of piperidine rings is 1. The third-order valence-electron chi connectivity index (χ3n) is 3.51. The second-order valence-corrected chi connectivity index (χ2v) is 6.25. The molecule has 1 N–H and O–H groups in total. The van der Waals surface area contributed by atoms with Crippen molar-refractivity contribution in [3.05, 3.63) is 24.4 Å². The standard InChI is InChI=1S/C15H25N3/c1-15(2,3)17-12-13-7-10-18(11-8-13)14-6-4-5-9-16-14/h4-6,9,13,17H,7-8,10-12H2,1-3H3. The van der Waals surface area contributed by atoms with Crippen molar-refractivity contribution in [2.24, 2.45) is 5.92 Å². The average molecular weight is 247 g/mol. The monoisotopic (exact) mass is 247 g/mol. The summed E-state index contributed by atoms with van der Waals surface area (Å²) in [7, 11) is 0. The van der Waals surface area contributed by atoms with Crippen LogP contribution in [0.25, 0.3) is 0 Å². The molecule has 3 heteroatoms. The van der Waals surface area contributed by atoms with Gasteiger partial charge in [0.05, 0.1) is 0 Å². The molecule has 1 aromatic rings. The van der Waals surface area contributed by atoms with Gasteiger partial charge in [-0.25, -0.2) is 4.98 Å². The lowest BCUT2D eigenvalue weighted by molar-refractivity contribution is 0.328. The molecule has 100 valence electrons. The highest BCUT2D eigenvalue weighted by molar-refractivity contribution is 5.37. The van der Waals surface area contributed by atoms with Crippen LogP contribution in [0.2, 0.25) is 0 Å². The van der Waals surface area contributed by atoms with E-state index < -0.39 is 0 Å². The fourth-order valence-electron chi connectivity index (χ4n) is 2.36. The van der Waals surface area contributed by atoms with Gasteiger partial charge in [-0.05, 0) is 58.2 Å². The maximum absolute atomic E-state index is 4.42. The van der Waals surface area contributed by atoms with Crippen molar-refractivity contribution in [3.63, 3.8) is 0 Å². The normalized spacial score (nSPS) is 18.1. The molecule has 3 nitrogen and oxygen atoms in total. The number of hydrogen-bond acceptors (Lipinski definition) is 3. The Morgan fingerprint density at radius 1 is 1.28 bits per heavy atom. The zero-order chi connectivity index (χ0) is 13.0. The fraction of sp³-hybridized carbons (Fsp3) is 0.667. The topological polar surface area (TPSA) is 28.2 Å². The van der Waals surface area contributed by atoms with Crippen molar-refractivity contribution < 1.29 is 0 Å². The molecule has 2 rings (SSSR count). The molecule has 0 spiro atoms. The van der Waals surface area contributed by atoms with Crippen molar-refractivity contribution >= 4 is 5.82 Å². The highest BCUT2D eigenvalue weighted by Crippen LogP contribution is 2.21. The van der Waals surface area contributed by atoms with Gasteiger partial charge in [0, 0.05) is 24.8 Å².